The molecule has 2 amide bonds. The number of aryl methyl sites for hydroxylation is 2. The first-order valence-corrected chi connectivity index (χ1v) is 12.8. The van der Waals surface area contributed by atoms with E-state index < -0.39 is 0 Å². The van der Waals surface area contributed by atoms with Crippen LogP contribution in [0, 0.1) is 0 Å². The maximum atomic E-state index is 12.2. The van der Waals surface area contributed by atoms with Gasteiger partial charge in [-0.2, -0.15) is 0 Å². The van der Waals surface area contributed by atoms with E-state index in [1.165, 1.54) is 4.90 Å². The van der Waals surface area contributed by atoms with E-state index in [4.69, 9.17) is 32.7 Å². The van der Waals surface area contributed by atoms with Crippen LogP contribution < -0.4 is 4.74 Å². The summed E-state index contributed by atoms with van der Waals surface area (Å²) in [5.41, 5.74) is 3.14. The van der Waals surface area contributed by atoms with Crippen molar-refractivity contribution in [1.29, 1.82) is 0 Å². The zero-order chi connectivity index (χ0) is 25.4. The minimum atomic E-state index is -0.239. The Hall–Kier alpha value is -2.57. The molecule has 1 aliphatic rings. The van der Waals surface area contributed by atoms with E-state index >= 15 is 0 Å². The number of likely N-dealkylation sites (tertiary alicyclic amines) is 1. The van der Waals surface area contributed by atoms with E-state index in [1.54, 1.807) is 13.0 Å². The molecule has 2 aromatic carbocycles. The molecule has 0 radical (unpaired) electrons. The Balaban J connectivity index is 1.65. The van der Waals surface area contributed by atoms with Gasteiger partial charge < -0.3 is 9.47 Å². The van der Waals surface area contributed by atoms with Gasteiger partial charge >= 0.3 is 5.97 Å². The molecule has 2 aromatic rings. The summed E-state index contributed by atoms with van der Waals surface area (Å²) in [6, 6.07) is 11.5. The van der Waals surface area contributed by atoms with Crippen LogP contribution >= 0.6 is 23.2 Å². The SMILES string of the molecule is CCOC(=O)CC(CCc1ccc(OCCN2C(=O)CCC2=O)c(CC)c1)c1ccc(Cl)c(Cl)c1. The van der Waals surface area contributed by atoms with E-state index in [0.29, 0.717) is 16.7 Å². The van der Waals surface area contributed by atoms with Crippen molar-refractivity contribution in [3.63, 3.8) is 0 Å². The van der Waals surface area contributed by atoms with Gasteiger partial charge in [0, 0.05) is 12.8 Å². The molecule has 1 unspecified atom stereocenters. The lowest BCUT2D eigenvalue weighted by Gasteiger charge is -2.19. The highest BCUT2D eigenvalue weighted by atomic mass is 35.5. The largest absolute Gasteiger partial charge is 0.491 e. The van der Waals surface area contributed by atoms with Gasteiger partial charge in [0.05, 0.1) is 29.6 Å². The lowest BCUT2D eigenvalue weighted by Crippen LogP contribution is -2.33. The predicted molar refractivity (Wildman–Crippen MR) is 136 cm³/mol. The van der Waals surface area contributed by atoms with Gasteiger partial charge in [-0.05, 0) is 67.0 Å². The molecule has 6 nitrogen and oxygen atoms in total. The number of carbonyl (C=O) groups excluding carboxylic acids is 3. The topological polar surface area (TPSA) is 72.9 Å². The number of esters is 1. The summed E-state index contributed by atoms with van der Waals surface area (Å²) in [6.07, 6.45) is 3.11. The second kappa shape index (κ2) is 12.9. The number of ether oxygens (including phenoxy) is 2. The molecule has 1 saturated heterocycles. The summed E-state index contributed by atoms with van der Waals surface area (Å²) in [4.78, 5) is 37.0. The third kappa shape index (κ3) is 7.45. The maximum absolute atomic E-state index is 12.2. The van der Waals surface area contributed by atoms with E-state index in [-0.39, 0.29) is 56.1 Å². The normalized spacial score (nSPS) is 14.3. The minimum Gasteiger partial charge on any atom is -0.491 e. The molecule has 0 bridgehead atoms. The van der Waals surface area contributed by atoms with E-state index in [2.05, 4.69) is 13.0 Å². The number of carbonyl (C=O) groups is 3. The fourth-order valence-corrected chi connectivity index (χ4v) is 4.55. The van der Waals surface area contributed by atoms with Crippen molar-refractivity contribution in [2.75, 3.05) is 19.8 Å². The van der Waals surface area contributed by atoms with Crippen molar-refractivity contribution in [1.82, 2.24) is 4.90 Å². The van der Waals surface area contributed by atoms with E-state index in [1.807, 2.05) is 24.3 Å². The molecule has 1 atom stereocenters. The van der Waals surface area contributed by atoms with Crippen molar-refractivity contribution in [2.24, 2.45) is 0 Å². The van der Waals surface area contributed by atoms with Crippen LogP contribution in [0.3, 0.4) is 0 Å². The lowest BCUT2D eigenvalue weighted by molar-refractivity contribution is -0.143. The van der Waals surface area contributed by atoms with Gasteiger partial charge in [-0.25, -0.2) is 0 Å². The molecule has 0 spiro atoms. The average molecular weight is 520 g/mol. The second-order valence-corrected chi connectivity index (χ2v) is 9.32. The van der Waals surface area contributed by atoms with Gasteiger partial charge in [0.15, 0.2) is 0 Å². The number of benzene rings is 2. The molecule has 1 heterocycles. The predicted octanol–water partition coefficient (Wildman–Crippen LogP) is 5.75. The lowest BCUT2D eigenvalue weighted by atomic mass is 9.89. The molecular weight excluding hydrogens is 489 g/mol. The Morgan fingerprint density at radius 3 is 2.43 bits per heavy atom. The highest BCUT2D eigenvalue weighted by Gasteiger charge is 2.28. The van der Waals surface area contributed by atoms with Crippen LogP contribution in [-0.2, 0) is 32.0 Å². The molecule has 188 valence electrons. The smallest absolute Gasteiger partial charge is 0.306 e. The Kier molecular flexibility index (Phi) is 9.99. The number of hydrogen-bond donors (Lipinski definition) is 0. The van der Waals surface area contributed by atoms with Crippen LogP contribution in [0.25, 0.3) is 0 Å². The van der Waals surface area contributed by atoms with Crippen LogP contribution in [0.15, 0.2) is 36.4 Å². The zero-order valence-electron chi connectivity index (χ0n) is 20.1. The maximum Gasteiger partial charge on any atom is 0.306 e. The van der Waals surface area contributed by atoms with Crippen LogP contribution in [-0.4, -0.2) is 42.4 Å². The Morgan fingerprint density at radius 1 is 1.03 bits per heavy atom. The zero-order valence-corrected chi connectivity index (χ0v) is 21.7. The average Bonchev–Trinajstić information content (AvgIpc) is 3.16. The van der Waals surface area contributed by atoms with Crippen LogP contribution in [0.5, 0.6) is 5.75 Å². The number of imide groups is 1. The number of nitrogens with zero attached hydrogens (tertiary/aromatic N) is 1. The van der Waals surface area contributed by atoms with Gasteiger partial charge in [-0.1, -0.05) is 48.3 Å². The van der Waals surface area contributed by atoms with E-state index in [0.717, 1.165) is 41.7 Å². The minimum absolute atomic E-state index is 0.0552. The molecule has 0 N–H and O–H groups in total. The quantitative estimate of drug-likeness (QED) is 0.263. The number of halogens is 2. The molecule has 1 aliphatic heterocycles. The summed E-state index contributed by atoms with van der Waals surface area (Å²) in [7, 11) is 0. The van der Waals surface area contributed by atoms with Crippen molar-refractivity contribution in [3.8, 4) is 5.75 Å². The monoisotopic (exact) mass is 519 g/mol. The summed E-state index contributed by atoms with van der Waals surface area (Å²) in [6.45, 7) is 4.72. The first-order chi connectivity index (χ1) is 16.8. The molecule has 1 fully saturated rings. The first-order valence-electron chi connectivity index (χ1n) is 12.0. The summed E-state index contributed by atoms with van der Waals surface area (Å²) in [5.74, 6) is 0.188. The second-order valence-electron chi connectivity index (χ2n) is 8.50. The third-order valence-corrected chi connectivity index (χ3v) is 6.89. The Morgan fingerprint density at radius 2 is 1.77 bits per heavy atom. The van der Waals surface area contributed by atoms with Crippen LogP contribution in [0.1, 0.15) is 62.1 Å². The summed E-state index contributed by atoms with van der Waals surface area (Å²) >= 11 is 12.3. The molecule has 0 saturated carbocycles. The van der Waals surface area contributed by atoms with Gasteiger partial charge in [-0.3, -0.25) is 19.3 Å². The molecular formula is C27H31Cl2NO5. The fraction of sp³-hybridized carbons (Fsp3) is 0.444. The van der Waals surface area contributed by atoms with Gasteiger partial charge in [0.2, 0.25) is 11.8 Å². The fourth-order valence-electron chi connectivity index (χ4n) is 4.24. The van der Waals surface area contributed by atoms with Gasteiger partial charge in [0.1, 0.15) is 12.4 Å². The van der Waals surface area contributed by atoms with Gasteiger partial charge in [-0.15, -0.1) is 0 Å². The van der Waals surface area contributed by atoms with E-state index in [9.17, 15) is 14.4 Å². The van der Waals surface area contributed by atoms with Crippen molar-refractivity contribution in [2.45, 2.75) is 58.3 Å². The highest BCUT2D eigenvalue weighted by molar-refractivity contribution is 6.42. The third-order valence-electron chi connectivity index (χ3n) is 6.15. The molecule has 0 aliphatic carbocycles. The standard InChI is InChI=1S/C27H31Cl2NO5/c1-3-19-15-18(6-10-24(19)35-14-13-30-25(31)11-12-26(30)32)5-7-21(17-27(33)34-4-2)20-8-9-22(28)23(29)16-20/h6,8-10,15-16,21H,3-5,7,11-14,17H2,1-2H3. The van der Waals surface area contributed by atoms with Crippen molar-refractivity contribution in [3.05, 3.63) is 63.1 Å². The van der Waals surface area contributed by atoms with Gasteiger partial charge in [0.25, 0.3) is 0 Å². The van der Waals surface area contributed by atoms with Crippen LogP contribution in [0.4, 0.5) is 0 Å². The Labute approximate surface area is 216 Å². The summed E-state index contributed by atoms with van der Waals surface area (Å²) in [5, 5.41) is 0.942. The van der Waals surface area contributed by atoms with Crippen molar-refractivity contribution < 1.29 is 23.9 Å². The molecule has 3 rings (SSSR count). The number of hydrogen-bond acceptors (Lipinski definition) is 5. The van der Waals surface area contributed by atoms with Crippen molar-refractivity contribution >= 4 is 41.0 Å². The highest BCUT2D eigenvalue weighted by Crippen LogP contribution is 2.32. The first kappa shape index (κ1) is 27.0. The number of amides is 2. The molecule has 0 aromatic heterocycles. The molecule has 8 heteroatoms. The summed E-state index contributed by atoms with van der Waals surface area (Å²) < 4.78 is 11.1. The van der Waals surface area contributed by atoms with Crippen LogP contribution in [0.2, 0.25) is 10.0 Å². The molecule has 35 heavy (non-hydrogen) atoms. The number of rotatable bonds is 12. The Bertz CT molecular complexity index is 1060.